The zero-order valence-corrected chi connectivity index (χ0v) is 14.9. The van der Waals surface area contributed by atoms with Gasteiger partial charge in [-0.1, -0.05) is 12.0 Å². The Morgan fingerprint density at radius 2 is 1.60 bits per heavy atom. The molecule has 3 nitrogen and oxygen atoms in total. The summed E-state index contributed by atoms with van der Waals surface area (Å²) in [4.78, 5) is 9.08. The van der Waals surface area contributed by atoms with E-state index in [1.807, 2.05) is 64.1 Å². The lowest BCUT2D eigenvalue weighted by atomic mass is 10.1. The number of nitrogens with zero attached hydrogens (tertiary/aromatic N) is 2. The number of aryl methyl sites for hydroxylation is 4. The number of pyridine rings is 2. The van der Waals surface area contributed by atoms with Crippen molar-refractivity contribution in [1.29, 1.82) is 0 Å². The van der Waals surface area contributed by atoms with Gasteiger partial charge in [-0.3, -0.25) is 9.97 Å². The van der Waals surface area contributed by atoms with Gasteiger partial charge in [0.05, 0.1) is 5.69 Å². The predicted octanol–water partition coefficient (Wildman–Crippen LogP) is 5.15. The van der Waals surface area contributed by atoms with Crippen molar-refractivity contribution in [2.75, 3.05) is 0 Å². The summed E-state index contributed by atoms with van der Waals surface area (Å²) in [5.74, 6) is 4.09. The SMILES string of the molecule is C#Cc1ccc(-c2ccc(C)c(C)n2)c(Oc2cc(C)nc(C)c2)c1. The van der Waals surface area contributed by atoms with Gasteiger partial charge in [0, 0.05) is 40.3 Å². The van der Waals surface area contributed by atoms with Gasteiger partial charge in [-0.15, -0.1) is 6.42 Å². The van der Waals surface area contributed by atoms with Crippen molar-refractivity contribution in [1.82, 2.24) is 9.97 Å². The third-order valence-electron chi connectivity index (χ3n) is 4.06. The quantitative estimate of drug-likeness (QED) is 0.624. The normalized spacial score (nSPS) is 10.4. The molecule has 3 rings (SSSR count). The molecule has 3 aromatic rings. The summed E-state index contributed by atoms with van der Waals surface area (Å²) in [6.07, 6.45) is 5.56. The minimum absolute atomic E-state index is 0.691. The number of hydrogen-bond donors (Lipinski definition) is 0. The molecule has 0 unspecified atom stereocenters. The van der Waals surface area contributed by atoms with Crippen LogP contribution < -0.4 is 4.74 Å². The summed E-state index contributed by atoms with van der Waals surface area (Å²) in [7, 11) is 0. The maximum atomic E-state index is 6.16. The Kier molecular flexibility index (Phi) is 4.54. The number of hydrogen-bond acceptors (Lipinski definition) is 3. The molecule has 2 aromatic heterocycles. The largest absolute Gasteiger partial charge is 0.456 e. The Hall–Kier alpha value is -3.12. The Bertz CT molecular complexity index is 964. The fraction of sp³-hybridized carbons (Fsp3) is 0.182. The second kappa shape index (κ2) is 6.78. The molecule has 0 saturated heterocycles. The second-order valence-corrected chi connectivity index (χ2v) is 6.14. The highest BCUT2D eigenvalue weighted by Crippen LogP contribution is 2.34. The van der Waals surface area contributed by atoms with E-state index in [9.17, 15) is 0 Å². The molecule has 2 heterocycles. The number of aromatic nitrogens is 2. The van der Waals surface area contributed by atoms with E-state index in [1.165, 1.54) is 0 Å². The van der Waals surface area contributed by atoms with Gasteiger partial charge >= 0.3 is 0 Å². The number of rotatable bonds is 3. The fourth-order valence-corrected chi connectivity index (χ4v) is 2.67. The number of terminal acetylenes is 1. The first-order chi connectivity index (χ1) is 12.0. The number of benzene rings is 1. The van der Waals surface area contributed by atoms with Crippen LogP contribution in [0.3, 0.4) is 0 Å². The van der Waals surface area contributed by atoms with E-state index in [1.54, 1.807) is 0 Å². The molecule has 0 bridgehead atoms. The molecule has 0 spiro atoms. The van der Waals surface area contributed by atoms with E-state index >= 15 is 0 Å². The first-order valence-electron chi connectivity index (χ1n) is 8.14. The van der Waals surface area contributed by atoms with E-state index in [-0.39, 0.29) is 0 Å². The van der Waals surface area contributed by atoms with Crippen molar-refractivity contribution in [2.24, 2.45) is 0 Å². The standard InChI is InChI=1S/C22H20N2O/c1-6-18-8-9-20(21-10-7-14(2)17(5)24-21)22(13-18)25-19-11-15(3)23-16(4)12-19/h1,7-13H,2-5H3. The van der Waals surface area contributed by atoms with Crippen LogP contribution >= 0.6 is 0 Å². The van der Waals surface area contributed by atoms with Crippen LogP contribution in [0.25, 0.3) is 11.3 Å². The summed E-state index contributed by atoms with van der Waals surface area (Å²) in [6, 6.07) is 13.6. The molecule has 0 radical (unpaired) electrons. The maximum Gasteiger partial charge on any atom is 0.138 e. The van der Waals surface area contributed by atoms with Crippen LogP contribution in [0.1, 0.15) is 28.2 Å². The zero-order valence-electron chi connectivity index (χ0n) is 14.9. The van der Waals surface area contributed by atoms with Crippen LogP contribution in [-0.2, 0) is 0 Å². The van der Waals surface area contributed by atoms with E-state index in [4.69, 9.17) is 16.1 Å². The molecule has 0 aliphatic rings. The highest BCUT2D eigenvalue weighted by Gasteiger charge is 2.11. The lowest BCUT2D eigenvalue weighted by molar-refractivity contribution is 0.482. The Morgan fingerprint density at radius 3 is 2.24 bits per heavy atom. The molecule has 0 aliphatic carbocycles. The summed E-state index contributed by atoms with van der Waals surface area (Å²) in [5.41, 5.74) is 6.53. The molecule has 0 atom stereocenters. The molecule has 0 aliphatic heterocycles. The zero-order chi connectivity index (χ0) is 18.0. The third-order valence-corrected chi connectivity index (χ3v) is 4.06. The Balaban J connectivity index is 2.10. The summed E-state index contributed by atoms with van der Waals surface area (Å²) < 4.78 is 6.16. The maximum absolute atomic E-state index is 6.16. The van der Waals surface area contributed by atoms with Gasteiger partial charge in [0.1, 0.15) is 11.5 Å². The molecule has 3 heteroatoms. The molecular formula is C22H20N2O. The van der Waals surface area contributed by atoms with Gasteiger partial charge in [0.15, 0.2) is 0 Å². The van der Waals surface area contributed by atoms with Crippen LogP contribution in [-0.4, -0.2) is 9.97 Å². The number of ether oxygens (including phenoxy) is 1. The minimum Gasteiger partial charge on any atom is -0.456 e. The average Bonchev–Trinajstić information content (AvgIpc) is 2.56. The summed E-state index contributed by atoms with van der Waals surface area (Å²) in [5, 5.41) is 0. The van der Waals surface area contributed by atoms with Gasteiger partial charge in [-0.25, -0.2) is 0 Å². The Labute approximate surface area is 148 Å². The van der Waals surface area contributed by atoms with Crippen molar-refractivity contribution in [3.8, 4) is 35.1 Å². The van der Waals surface area contributed by atoms with Crippen molar-refractivity contribution in [3.05, 3.63) is 70.7 Å². The van der Waals surface area contributed by atoms with Crippen molar-refractivity contribution in [2.45, 2.75) is 27.7 Å². The molecular weight excluding hydrogens is 308 g/mol. The highest BCUT2D eigenvalue weighted by molar-refractivity contribution is 5.69. The molecule has 1 aromatic carbocycles. The first kappa shape index (κ1) is 16.7. The van der Waals surface area contributed by atoms with Crippen LogP contribution in [0.5, 0.6) is 11.5 Å². The second-order valence-electron chi connectivity index (χ2n) is 6.14. The van der Waals surface area contributed by atoms with E-state index < -0.39 is 0 Å². The highest BCUT2D eigenvalue weighted by atomic mass is 16.5. The van der Waals surface area contributed by atoms with Crippen molar-refractivity contribution >= 4 is 0 Å². The Morgan fingerprint density at radius 1 is 0.880 bits per heavy atom. The van der Waals surface area contributed by atoms with E-state index in [0.29, 0.717) is 5.75 Å². The van der Waals surface area contributed by atoms with Crippen LogP contribution in [0, 0.1) is 40.0 Å². The summed E-state index contributed by atoms with van der Waals surface area (Å²) >= 11 is 0. The van der Waals surface area contributed by atoms with Crippen molar-refractivity contribution < 1.29 is 4.74 Å². The van der Waals surface area contributed by atoms with Gasteiger partial charge in [0.25, 0.3) is 0 Å². The lowest BCUT2D eigenvalue weighted by Crippen LogP contribution is -1.95. The topological polar surface area (TPSA) is 35.0 Å². The van der Waals surface area contributed by atoms with E-state index in [0.717, 1.165) is 45.2 Å². The van der Waals surface area contributed by atoms with Crippen molar-refractivity contribution in [3.63, 3.8) is 0 Å². The average molecular weight is 328 g/mol. The minimum atomic E-state index is 0.691. The monoisotopic (exact) mass is 328 g/mol. The van der Waals surface area contributed by atoms with Gasteiger partial charge in [0.2, 0.25) is 0 Å². The molecule has 0 amide bonds. The molecule has 0 N–H and O–H groups in total. The predicted molar refractivity (Wildman–Crippen MR) is 101 cm³/mol. The van der Waals surface area contributed by atoms with Crippen LogP contribution in [0.2, 0.25) is 0 Å². The lowest BCUT2D eigenvalue weighted by Gasteiger charge is -2.13. The van der Waals surface area contributed by atoms with Gasteiger partial charge in [-0.05, 0) is 57.5 Å². The smallest absolute Gasteiger partial charge is 0.138 e. The fourth-order valence-electron chi connectivity index (χ4n) is 2.67. The van der Waals surface area contributed by atoms with Crippen LogP contribution in [0.15, 0.2) is 42.5 Å². The first-order valence-corrected chi connectivity index (χ1v) is 8.14. The molecule has 124 valence electrons. The molecule has 0 fully saturated rings. The van der Waals surface area contributed by atoms with Gasteiger partial charge in [-0.2, -0.15) is 0 Å². The van der Waals surface area contributed by atoms with E-state index in [2.05, 4.69) is 17.0 Å². The van der Waals surface area contributed by atoms with Gasteiger partial charge < -0.3 is 4.74 Å². The molecule has 25 heavy (non-hydrogen) atoms. The molecule has 0 saturated carbocycles. The third kappa shape index (κ3) is 3.70. The summed E-state index contributed by atoms with van der Waals surface area (Å²) in [6.45, 7) is 7.95. The van der Waals surface area contributed by atoms with Crippen LogP contribution in [0.4, 0.5) is 0 Å².